The fourth-order valence-electron chi connectivity index (χ4n) is 4.48. The second-order valence-corrected chi connectivity index (χ2v) is 8.43. The summed E-state index contributed by atoms with van der Waals surface area (Å²) in [5, 5.41) is 7.16. The van der Waals surface area contributed by atoms with Gasteiger partial charge in [0.2, 0.25) is 0 Å². The highest BCUT2D eigenvalue weighted by atomic mass is 16.5. The second kappa shape index (κ2) is 11.8. The molecule has 152 valence electrons. The molecule has 0 bridgehead atoms. The fraction of sp³-hybridized carbons (Fsp3) is 0.952. The third-order valence-corrected chi connectivity index (χ3v) is 6.14. The maximum absolute atomic E-state index is 5.63. The number of rotatable bonds is 10. The van der Waals surface area contributed by atoms with Crippen LogP contribution in [0.25, 0.3) is 0 Å². The molecule has 2 N–H and O–H groups in total. The molecule has 2 aliphatic rings. The number of ether oxygens (including phenoxy) is 1. The number of aliphatic imine (C=N–C) groups is 1. The van der Waals surface area contributed by atoms with Crippen LogP contribution in [0.1, 0.15) is 65.2 Å². The van der Waals surface area contributed by atoms with E-state index >= 15 is 0 Å². The fourth-order valence-corrected chi connectivity index (χ4v) is 4.48. The summed E-state index contributed by atoms with van der Waals surface area (Å²) in [6.07, 6.45) is 10.6. The Hall–Kier alpha value is -0.810. The SMILES string of the molecule is CCOCCC1(CNC(=NC)NCC(C)CN2CCCCC2)CCCC1. The van der Waals surface area contributed by atoms with Crippen molar-refractivity contribution >= 4 is 5.96 Å². The van der Waals surface area contributed by atoms with Gasteiger partial charge < -0.3 is 20.3 Å². The summed E-state index contributed by atoms with van der Waals surface area (Å²) in [4.78, 5) is 7.06. The Bertz CT molecular complexity index is 401. The molecule has 1 saturated carbocycles. The monoisotopic (exact) mass is 366 g/mol. The van der Waals surface area contributed by atoms with Crippen LogP contribution in [0.5, 0.6) is 0 Å². The molecule has 0 aromatic rings. The van der Waals surface area contributed by atoms with E-state index in [1.165, 1.54) is 64.6 Å². The Balaban J connectivity index is 1.70. The molecule has 0 aromatic heterocycles. The first-order valence-corrected chi connectivity index (χ1v) is 10.9. The summed E-state index contributed by atoms with van der Waals surface area (Å²) < 4.78 is 5.63. The summed E-state index contributed by atoms with van der Waals surface area (Å²) in [7, 11) is 1.88. The summed E-state index contributed by atoms with van der Waals surface area (Å²) in [6.45, 7) is 11.9. The zero-order valence-electron chi connectivity index (χ0n) is 17.5. The van der Waals surface area contributed by atoms with Crippen molar-refractivity contribution in [1.29, 1.82) is 0 Å². The van der Waals surface area contributed by atoms with Crippen molar-refractivity contribution in [2.45, 2.75) is 65.2 Å². The smallest absolute Gasteiger partial charge is 0.191 e. The minimum absolute atomic E-state index is 0.395. The number of guanidine groups is 1. The number of likely N-dealkylation sites (tertiary alicyclic amines) is 1. The minimum Gasteiger partial charge on any atom is -0.382 e. The molecule has 1 atom stereocenters. The van der Waals surface area contributed by atoms with Crippen LogP contribution in [0.4, 0.5) is 0 Å². The van der Waals surface area contributed by atoms with E-state index in [4.69, 9.17) is 4.74 Å². The first kappa shape index (κ1) is 21.5. The normalized spacial score (nSPS) is 22.3. The highest BCUT2D eigenvalue weighted by Gasteiger charge is 2.33. The molecular formula is C21H42N4O. The molecule has 5 heteroatoms. The van der Waals surface area contributed by atoms with Gasteiger partial charge in [0.1, 0.15) is 0 Å². The Kier molecular flexibility index (Phi) is 9.76. The van der Waals surface area contributed by atoms with Crippen molar-refractivity contribution in [3.05, 3.63) is 0 Å². The van der Waals surface area contributed by atoms with Gasteiger partial charge in [0.15, 0.2) is 5.96 Å². The molecule has 5 nitrogen and oxygen atoms in total. The minimum atomic E-state index is 0.395. The van der Waals surface area contributed by atoms with Crippen LogP contribution in [-0.2, 0) is 4.74 Å². The van der Waals surface area contributed by atoms with E-state index in [9.17, 15) is 0 Å². The average molecular weight is 367 g/mol. The summed E-state index contributed by atoms with van der Waals surface area (Å²) in [5.74, 6) is 1.60. The van der Waals surface area contributed by atoms with Crippen molar-refractivity contribution in [1.82, 2.24) is 15.5 Å². The van der Waals surface area contributed by atoms with Crippen molar-refractivity contribution in [2.24, 2.45) is 16.3 Å². The van der Waals surface area contributed by atoms with Gasteiger partial charge in [0.05, 0.1) is 0 Å². The van der Waals surface area contributed by atoms with E-state index in [1.807, 2.05) is 7.05 Å². The number of nitrogens with zero attached hydrogens (tertiary/aromatic N) is 2. The van der Waals surface area contributed by atoms with Crippen LogP contribution in [0.2, 0.25) is 0 Å². The lowest BCUT2D eigenvalue weighted by Crippen LogP contribution is -2.45. The zero-order valence-corrected chi connectivity index (χ0v) is 17.5. The summed E-state index contributed by atoms with van der Waals surface area (Å²) >= 11 is 0. The predicted octanol–water partition coefficient (Wildman–Crippen LogP) is 3.26. The first-order valence-electron chi connectivity index (χ1n) is 10.9. The molecule has 1 saturated heterocycles. The van der Waals surface area contributed by atoms with Crippen molar-refractivity contribution in [2.75, 3.05) is 53.0 Å². The van der Waals surface area contributed by atoms with Gasteiger partial charge in [-0.3, -0.25) is 4.99 Å². The van der Waals surface area contributed by atoms with Gasteiger partial charge in [-0.05, 0) is 63.5 Å². The van der Waals surface area contributed by atoms with Gasteiger partial charge in [-0.2, -0.15) is 0 Å². The molecule has 2 rings (SSSR count). The molecule has 2 fully saturated rings. The van der Waals surface area contributed by atoms with Crippen LogP contribution < -0.4 is 10.6 Å². The van der Waals surface area contributed by atoms with E-state index in [-0.39, 0.29) is 0 Å². The molecule has 1 aliphatic carbocycles. The largest absolute Gasteiger partial charge is 0.382 e. The van der Waals surface area contributed by atoms with E-state index in [0.29, 0.717) is 11.3 Å². The molecule has 0 radical (unpaired) electrons. The van der Waals surface area contributed by atoms with Crippen LogP contribution in [0, 0.1) is 11.3 Å². The van der Waals surface area contributed by atoms with E-state index < -0.39 is 0 Å². The van der Waals surface area contributed by atoms with Crippen LogP contribution >= 0.6 is 0 Å². The molecule has 1 unspecified atom stereocenters. The highest BCUT2D eigenvalue weighted by Crippen LogP contribution is 2.40. The second-order valence-electron chi connectivity index (χ2n) is 8.43. The Morgan fingerprint density at radius 1 is 1.12 bits per heavy atom. The number of hydrogen-bond donors (Lipinski definition) is 2. The van der Waals surface area contributed by atoms with Crippen molar-refractivity contribution in [3.8, 4) is 0 Å². The topological polar surface area (TPSA) is 48.9 Å². The predicted molar refractivity (Wildman–Crippen MR) is 111 cm³/mol. The van der Waals surface area contributed by atoms with Crippen LogP contribution in [0.15, 0.2) is 4.99 Å². The van der Waals surface area contributed by atoms with Gasteiger partial charge in [-0.1, -0.05) is 26.2 Å². The molecular weight excluding hydrogens is 324 g/mol. The zero-order chi connectivity index (χ0) is 18.7. The summed E-state index contributed by atoms with van der Waals surface area (Å²) in [6, 6.07) is 0. The molecule has 0 spiro atoms. The first-order chi connectivity index (χ1) is 12.7. The lowest BCUT2D eigenvalue weighted by Gasteiger charge is -2.31. The Labute approximate surface area is 161 Å². The Morgan fingerprint density at radius 2 is 1.85 bits per heavy atom. The molecule has 26 heavy (non-hydrogen) atoms. The lowest BCUT2D eigenvalue weighted by molar-refractivity contribution is 0.105. The van der Waals surface area contributed by atoms with Gasteiger partial charge in [0.25, 0.3) is 0 Å². The van der Waals surface area contributed by atoms with Gasteiger partial charge in [0, 0.05) is 39.9 Å². The Morgan fingerprint density at radius 3 is 2.50 bits per heavy atom. The standard InChI is InChI=1S/C21H42N4O/c1-4-26-15-12-21(10-6-7-11-21)18-24-20(22-3)23-16-19(2)17-25-13-8-5-9-14-25/h19H,4-18H2,1-3H3,(H2,22,23,24). The van der Waals surface area contributed by atoms with Crippen LogP contribution in [-0.4, -0.2) is 63.8 Å². The molecule has 0 aromatic carbocycles. The molecule has 1 heterocycles. The lowest BCUT2D eigenvalue weighted by atomic mass is 9.83. The van der Waals surface area contributed by atoms with Gasteiger partial charge in [-0.25, -0.2) is 0 Å². The highest BCUT2D eigenvalue weighted by molar-refractivity contribution is 5.79. The maximum atomic E-state index is 5.63. The van der Waals surface area contributed by atoms with E-state index in [1.54, 1.807) is 0 Å². The third kappa shape index (κ3) is 7.43. The number of hydrogen-bond acceptors (Lipinski definition) is 3. The average Bonchev–Trinajstić information content (AvgIpc) is 3.12. The third-order valence-electron chi connectivity index (χ3n) is 6.14. The van der Waals surface area contributed by atoms with E-state index in [0.717, 1.165) is 38.7 Å². The number of nitrogens with one attached hydrogen (secondary N) is 2. The summed E-state index contributed by atoms with van der Waals surface area (Å²) in [5.41, 5.74) is 0.395. The van der Waals surface area contributed by atoms with Crippen molar-refractivity contribution in [3.63, 3.8) is 0 Å². The maximum Gasteiger partial charge on any atom is 0.191 e. The molecule has 1 aliphatic heterocycles. The van der Waals surface area contributed by atoms with Gasteiger partial charge in [-0.15, -0.1) is 0 Å². The molecule has 0 amide bonds. The van der Waals surface area contributed by atoms with Gasteiger partial charge >= 0.3 is 0 Å². The van der Waals surface area contributed by atoms with E-state index in [2.05, 4.69) is 34.4 Å². The quantitative estimate of drug-likeness (QED) is 0.354. The number of piperidine rings is 1. The van der Waals surface area contributed by atoms with Crippen LogP contribution in [0.3, 0.4) is 0 Å². The van der Waals surface area contributed by atoms with Crippen molar-refractivity contribution < 1.29 is 4.74 Å².